The minimum atomic E-state index is -4.35. The Hall–Kier alpha value is -1.72. The summed E-state index contributed by atoms with van der Waals surface area (Å²) >= 11 is 0. The highest BCUT2D eigenvalue weighted by atomic mass is 19.4. The number of alkyl halides is 3. The molecule has 0 aliphatic carbocycles. The first-order valence-corrected chi connectivity index (χ1v) is 5.45. The van der Waals surface area contributed by atoms with Crippen LogP contribution in [-0.2, 0) is 0 Å². The average Bonchev–Trinajstić information content (AvgIpc) is 2.25. The quantitative estimate of drug-likeness (QED) is 0.816. The number of nitrogens with zero attached hydrogens (tertiary/aromatic N) is 1. The smallest absolute Gasteiger partial charge is 0.408 e. The molecule has 0 spiro atoms. The summed E-state index contributed by atoms with van der Waals surface area (Å²) in [5.41, 5.74) is 0.211. The Balaban J connectivity index is 2.16. The van der Waals surface area contributed by atoms with Crippen LogP contribution in [0.5, 0.6) is 5.75 Å². The van der Waals surface area contributed by atoms with Crippen LogP contribution in [0.25, 0.3) is 0 Å². The Bertz CT molecular complexity index is 459. The van der Waals surface area contributed by atoms with Gasteiger partial charge in [0.2, 0.25) is 0 Å². The van der Waals surface area contributed by atoms with Gasteiger partial charge in [0.05, 0.1) is 7.11 Å². The maximum Gasteiger partial charge on any atom is 0.408 e. The molecule has 1 aliphatic heterocycles. The summed E-state index contributed by atoms with van der Waals surface area (Å²) in [5.74, 6) is -0.160. The molecule has 1 aromatic rings. The van der Waals surface area contributed by atoms with Gasteiger partial charge >= 0.3 is 6.18 Å². The molecule has 0 bridgehead atoms. The van der Waals surface area contributed by atoms with Gasteiger partial charge in [0.1, 0.15) is 11.8 Å². The zero-order chi connectivity index (χ0) is 13.3. The number of carbonyl (C=O) groups excluding carboxylic acids is 1. The van der Waals surface area contributed by atoms with Gasteiger partial charge in [-0.05, 0) is 24.6 Å². The third-order valence-electron chi connectivity index (χ3n) is 2.98. The lowest BCUT2D eigenvalue weighted by molar-refractivity contribution is -0.199. The van der Waals surface area contributed by atoms with Crippen LogP contribution in [-0.4, -0.2) is 36.7 Å². The maximum atomic E-state index is 12.6. The van der Waals surface area contributed by atoms with Gasteiger partial charge in [-0.15, -0.1) is 0 Å². The van der Waals surface area contributed by atoms with E-state index in [4.69, 9.17) is 4.74 Å². The molecule has 1 heterocycles. The fourth-order valence-corrected chi connectivity index (χ4v) is 1.89. The number of carbonyl (C=O) groups is 1. The molecule has 2 rings (SSSR count). The molecule has 3 nitrogen and oxygen atoms in total. The second-order valence-corrected chi connectivity index (χ2v) is 4.08. The molecule has 6 heteroatoms. The topological polar surface area (TPSA) is 29.5 Å². The number of halogens is 3. The van der Waals surface area contributed by atoms with E-state index in [1.807, 2.05) is 0 Å². The molecule has 1 saturated heterocycles. The number of hydrogen-bond donors (Lipinski definition) is 0. The average molecular weight is 259 g/mol. The minimum Gasteiger partial charge on any atom is -0.497 e. The van der Waals surface area contributed by atoms with Gasteiger partial charge in [0, 0.05) is 12.1 Å². The molecule has 0 unspecified atom stereocenters. The maximum absolute atomic E-state index is 12.6. The van der Waals surface area contributed by atoms with Crippen molar-refractivity contribution in [2.45, 2.75) is 18.6 Å². The molecule has 1 amide bonds. The van der Waals surface area contributed by atoms with Crippen molar-refractivity contribution in [3.63, 3.8) is 0 Å². The monoisotopic (exact) mass is 259 g/mol. The highest BCUT2D eigenvalue weighted by Gasteiger charge is 2.50. The second kappa shape index (κ2) is 4.51. The van der Waals surface area contributed by atoms with Crippen LogP contribution < -0.4 is 4.74 Å². The molecule has 0 radical (unpaired) electrons. The van der Waals surface area contributed by atoms with Crippen LogP contribution in [0.2, 0.25) is 0 Å². The minimum absolute atomic E-state index is 0.0286. The van der Waals surface area contributed by atoms with Gasteiger partial charge < -0.3 is 9.64 Å². The molecular weight excluding hydrogens is 247 g/mol. The highest BCUT2D eigenvalue weighted by molar-refractivity contribution is 5.95. The van der Waals surface area contributed by atoms with Crippen molar-refractivity contribution in [1.29, 1.82) is 0 Å². The van der Waals surface area contributed by atoms with Gasteiger partial charge in [-0.2, -0.15) is 13.2 Å². The molecule has 0 N–H and O–H groups in total. The van der Waals surface area contributed by atoms with E-state index >= 15 is 0 Å². The molecule has 1 atom stereocenters. The summed E-state index contributed by atoms with van der Waals surface area (Å²) in [5, 5.41) is 0. The zero-order valence-electron chi connectivity index (χ0n) is 9.70. The molecule has 0 saturated carbocycles. The van der Waals surface area contributed by atoms with Crippen molar-refractivity contribution in [2.75, 3.05) is 13.7 Å². The number of ether oxygens (including phenoxy) is 1. The Labute approximate surface area is 102 Å². The first-order valence-electron chi connectivity index (χ1n) is 5.45. The lowest BCUT2D eigenvalue weighted by atomic mass is 10.0. The summed E-state index contributed by atoms with van der Waals surface area (Å²) in [4.78, 5) is 12.8. The first kappa shape index (κ1) is 12.7. The molecular formula is C12H12F3NO2. The summed E-state index contributed by atoms with van der Waals surface area (Å²) in [6.07, 6.45) is -4.38. The number of methoxy groups -OCH3 is 1. The van der Waals surface area contributed by atoms with E-state index in [1.54, 1.807) is 12.1 Å². The Morgan fingerprint density at radius 3 is 2.67 bits per heavy atom. The van der Waals surface area contributed by atoms with Crippen LogP contribution in [0, 0.1) is 0 Å². The molecule has 0 aromatic heterocycles. The molecule has 98 valence electrons. The first-order chi connectivity index (χ1) is 8.43. The molecule has 1 aliphatic rings. The van der Waals surface area contributed by atoms with Crippen LogP contribution in [0.1, 0.15) is 16.8 Å². The lowest BCUT2D eigenvalue weighted by Crippen LogP contribution is -2.58. The molecule has 1 fully saturated rings. The summed E-state index contributed by atoms with van der Waals surface area (Å²) < 4.78 is 42.6. The predicted octanol–water partition coefficient (Wildman–Crippen LogP) is 2.47. The van der Waals surface area contributed by atoms with Gasteiger partial charge in [-0.25, -0.2) is 0 Å². The predicted molar refractivity (Wildman–Crippen MR) is 58.5 cm³/mol. The number of rotatable bonds is 2. The Morgan fingerprint density at radius 2 is 2.17 bits per heavy atom. The zero-order valence-corrected chi connectivity index (χ0v) is 9.70. The number of hydrogen-bond acceptors (Lipinski definition) is 2. The van der Waals surface area contributed by atoms with Gasteiger partial charge in [0.25, 0.3) is 5.91 Å². The van der Waals surface area contributed by atoms with Gasteiger partial charge in [-0.1, -0.05) is 6.07 Å². The van der Waals surface area contributed by atoms with E-state index in [0.29, 0.717) is 5.75 Å². The third kappa shape index (κ3) is 2.27. The van der Waals surface area contributed by atoms with Gasteiger partial charge in [-0.3, -0.25) is 4.79 Å². The van der Waals surface area contributed by atoms with Crippen LogP contribution in [0.4, 0.5) is 13.2 Å². The van der Waals surface area contributed by atoms with Gasteiger partial charge in [0.15, 0.2) is 0 Å². The molecule has 1 aromatic carbocycles. The van der Waals surface area contributed by atoms with E-state index in [-0.39, 0.29) is 18.5 Å². The number of amides is 1. The fraction of sp³-hybridized carbons (Fsp3) is 0.417. The second-order valence-electron chi connectivity index (χ2n) is 4.08. The normalized spacial score (nSPS) is 19.3. The van der Waals surface area contributed by atoms with Crippen molar-refractivity contribution in [3.05, 3.63) is 29.8 Å². The lowest BCUT2D eigenvalue weighted by Gasteiger charge is -2.41. The largest absolute Gasteiger partial charge is 0.497 e. The third-order valence-corrected chi connectivity index (χ3v) is 2.98. The summed E-state index contributed by atoms with van der Waals surface area (Å²) in [6.45, 7) is 0.139. The van der Waals surface area contributed by atoms with Crippen molar-refractivity contribution >= 4 is 5.91 Å². The van der Waals surface area contributed by atoms with Crippen LogP contribution in [0.3, 0.4) is 0 Å². The fourth-order valence-electron chi connectivity index (χ4n) is 1.89. The van der Waals surface area contributed by atoms with Crippen LogP contribution >= 0.6 is 0 Å². The summed E-state index contributed by atoms with van der Waals surface area (Å²) in [6, 6.07) is 4.48. The number of benzene rings is 1. The Kier molecular flexibility index (Phi) is 3.19. The van der Waals surface area contributed by atoms with E-state index in [1.165, 1.54) is 19.2 Å². The van der Waals surface area contributed by atoms with Crippen LogP contribution in [0.15, 0.2) is 24.3 Å². The standard InChI is InChI=1S/C12H12F3NO2/c1-18-9-4-2-3-8(7-9)11(17)16-6-5-10(16)12(13,14)15/h2-4,7,10H,5-6H2,1H3/t10-/m1/s1. The summed E-state index contributed by atoms with van der Waals surface area (Å²) in [7, 11) is 1.44. The Morgan fingerprint density at radius 1 is 1.44 bits per heavy atom. The molecule has 18 heavy (non-hydrogen) atoms. The van der Waals surface area contributed by atoms with E-state index in [2.05, 4.69) is 0 Å². The van der Waals surface area contributed by atoms with Crippen molar-refractivity contribution in [3.8, 4) is 5.75 Å². The highest BCUT2D eigenvalue weighted by Crippen LogP contribution is 2.34. The van der Waals surface area contributed by atoms with E-state index in [0.717, 1.165) is 4.90 Å². The van der Waals surface area contributed by atoms with E-state index < -0.39 is 18.1 Å². The van der Waals surface area contributed by atoms with E-state index in [9.17, 15) is 18.0 Å². The van der Waals surface area contributed by atoms with Crippen molar-refractivity contribution < 1.29 is 22.7 Å². The number of likely N-dealkylation sites (tertiary alicyclic amines) is 1. The van der Waals surface area contributed by atoms with Crippen molar-refractivity contribution in [1.82, 2.24) is 4.90 Å². The van der Waals surface area contributed by atoms with Crippen molar-refractivity contribution in [2.24, 2.45) is 0 Å². The SMILES string of the molecule is COc1cccc(C(=O)N2CC[C@@H]2C(F)(F)F)c1.